The number of rotatable bonds is 5. The number of hydrogen-bond donors (Lipinski definition) is 1. The summed E-state index contributed by atoms with van der Waals surface area (Å²) < 4.78 is 0. The van der Waals surface area contributed by atoms with Crippen molar-refractivity contribution in [2.24, 2.45) is 5.41 Å². The van der Waals surface area contributed by atoms with Crippen molar-refractivity contribution in [1.29, 1.82) is 0 Å². The molecule has 1 aliphatic rings. The highest BCUT2D eigenvalue weighted by Gasteiger charge is 2.39. The van der Waals surface area contributed by atoms with Gasteiger partial charge in [0, 0.05) is 24.7 Å². The van der Waals surface area contributed by atoms with Gasteiger partial charge >= 0.3 is 0 Å². The van der Waals surface area contributed by atoms with Gasteiger partial charge in [-0.2, -0.15) is 0 Å². The van der Waals surface area contributed by atoms with Crippen LogP contribution in [0.5, 0.6) is 0 Å². The third-order valence-electron chi connectivity index (χ3n) is 4.54. The summed E-state index contributed by atoms with van der Waals surface area (Å²) in [4.78, 5) is 2.75. The fourth-order valence-corrected chi connectivity index (χ4v) is 2.98. The highest BCUT2D eigenvalue weighted by Crippen LogP contribution is 2.30. The number of nitrogens with one attached hydrogen (secondary N) is 1. The SMILES string of the molecule is CCCCCN1CC(C)(CC)NCC1C(C)(C)C. The van der Waals surface area contributed by atoms with Crippen LogP contribution in [0.3, 0.4) is 0 Å². The maximum atomic E-state index is 3.78. The second-order valence-corrected chi connectivity index (χ2v) is 7.35. The van der Waals surface area contributed by atoms with Crippen LogP contribution in [0.2, 0.25) is 0 Å². The molecule has 0 aromatic heterocycles. The summed E-state index contributed by atoms with van der Waals surface area (Å²) in [6.45, 7) is 17.7. The Kier molecular flexibility index (Phi) is 5.67. The predicted molar refractivity (Wildman–Crippen MR) is 81.0 cm³/mol. The van der Waals surface area contributed by atoms with Gasteiger partial charge in [-0.25, -0.2) is 0 Å². The van der Waals surface area contributed by atoms with Gasteiger partial charge in [0.2, 0.25) is 0 Å². The molecule has 0 aromatic rings. The molecule has 0 aromatic carbocycles. The minimum atomic E-state index is 0.313. The quantitative estimate of drug-likeness (QED) is 0.753. The van der Waals surface area contributed by atoms with Gasteiger partial charge in [-0.05, 0) is 31.7 Å². The van der Waals surface area contributed by atoms with Crippen LogP contribution in [0.25, 0.3) is 0 Å². The second-order valence-electron chi connectivity index (χ2n) is 7.35. The van der Waals surface area contributed by atoms with E-state index in [-0.39, 0.29) is 0 Å². The first kappa shape index (κ1) is 16.0. The Morgan fingerprint density at radius 3 is 2.39 bits per heavy atom. The van der Waals surface area contributed by atoms with Gasteiger partial charge in [0.25, 0.3) is 0 Å². The zero-order valence-electron chi connectivity index (χ0n) is 13.5. The average Bonchev–Trinajstić information content (AvgIpc) is 2.28. The lowest BCUT2D eigenvalue weighted by molar-refractivity contribution is 0.0253. The number of piperazine rings is 1. The van der Waals surface area contributed by atoms with E-state index in [1.54, 1.807) is 0 Å². The molecule has 0 radical (unpaired) electrons. The standard InChI is InChI=1S/C16H34N2/c1-7-9-10-11-18-13-16(6,8-2)17-12-14(18)15(3,4)5/h14,17H,7-13H2,1-6H3. The first-order valence-electron chi connectivity index (χ1n) is 7.81. The summed E-state index contributed by atoms with van der Waals surface area (Å²) in [5.41, 5.74) is 0.683. The van der Waals surface area contributed by atoms with E-state index in [0.29, 0.717) is 17.0 Å². The predicted octanol–water partition coefficient (Wildman–Crippen LogP) is 3.67. The van der Waals surface area contributed by atoms with Gasteiger partial charge < -0.3 is 5.32 Å². The van der Waals surface area contributed by atoms with Gasteiger partial charge in [0.1, 0.15) is 0 Å². The Labute approximate surface area is 115 Å². The van der Waals surface area contributed by atoms with E-state index in [4.69, 9.17) is 0 Å². The smallest absolute Gasteiger partial charge is 0.0278 e. The number of hydrogen-bond acceptors (Lipinski definition) is 2. The Morgan fingerprint density at radius 1 is 1.22 bits per heavy atom. The fourth-order valence-electron chi connectivity index (χ4n) is 2.98. The molecule has 1 saturated heterocycles. The first-order valence-corrected chi connectivity index (χ1v) is 7.81. The molecule has 0 amide bonds. The number of unbranched alkanes of at least 4 members (excludes halogenated alkanes) is 2. The van der Waals surface area contributed by atoms with E-state index in [1.807, 2.05) is 0 Å². The van der Waals surface area contributed by atoms with E-state index in [0.717, 1.165) is 6.54 Å². The Bertz CT molecular complexity index is 244. The van der Waals surface area contributed by atoms with Crippen LogP contribution in [-0.2, 0) is 0 Å². The lowest BCUT2D eigenvalue weighted by Gasteiger charge is -2.50. The molecule has 0 bridgehead atoms. The van der Waals surface area contributed by atoms with Gasteiger partial charge in [0.15, 0.2) is 0 Å². The third kappa shape index (κ3) is 4.24. The first-order chi connectivity index (χ1) is 8.32. The zero-order chi connectivity index (χ0) is 13.8. The van der Waals surface area contributed by atoms with Crippen molar-refractivity contribution >= 4 is 0 Å². The van der Waals surface area contributed by atoms with Crippen LogP contribution >= 0.6 is 0 Å². The topological polar surface area (TPSA) is 15.3 Å². The zero-order valence-corrected chi connectivity index (χ0v) is 13.5. The van der Waals surface area contributed by atoms with Gasteiger partial charge in [0.05, 0.1) is 0 Å². The molecule has 1 rings (SSSR count). The summed E-state index contributed by atoms with van der Waals surface area (Å²) in [6, 6.07) is 0.675. The van der Waals surface area contributed by atoms with Gasteiger partial charge in [-0.3, -0.25) is 4.90 Å². The van der Waals surface area contributed by atoms with Crippen LogP contribution in [0, 0.1) is 5.41 Å². The van der Waals surface area contributed by atoms with Crippen molar-refractivity contribution in [2.45, 2.75) is 78.8 Å². The van der Waals surface area contributed by atoms with Crippen LogP contribution in [0.1, 0.15) is 67.2 Å². The van der Waals surface area contributed by atoms with Crippen LogP contribution in [0.15, 0.2) is 0 Å². The fraction of sp³-hybridized carbons (Fsp3) is 1.00. The van der Waals surface area contributed by atoms with Crippen LogP contribution in [-0.4, -0.2) is 36.1 Å². The second kappa shape index (κ2) is 6.38. The molecule has 0 saturated carbocycles. The van der Waals surface area contributed by atoms with Crippen molar-refractivity contribution < 1.29 is 0 Å². The van der Waals surface area contributed by atoms with E-state index in [9.17, 15) is 0 Å². The molecule has 0 spiro atoms. The molecule has 1 aliphatic heterocycles. The molecule has 1 heterocycles. The molecule has 2 unspecified atom stereocenters. The summed E-state index contributed by atoms with van der Waals surface area (Å²) >= 11 is 0. The maximum absolute atomic E-state index is 3.78. The summed E-state index contributed by atoms with van der Waals surface area (Å²) in [5, 5.41) is 3.78. The molecular weight excluding hydrogens is 220 g/mol. The van der Waals surface area contributed by atoms with Crippen molar-refractivity contribution in [3.8, 4) is 0 Å². The molecular formula is C16H34N2. The number of nitrogens with zero attached hydrogens (tertiary/aromatic N) is 1. The van der Waals surface area contributed by atoms with E-state index >= 15 is 0 Å². The molecule has 2 nitrogen and oxygen atoms in total. The Balaban J connectivity index is 2.67. The monoisotopic (exact) mass is 254 g/mol. The van der Waals surface area contributed by atoms with Crippen molar-refractivity contribution in [3.05, 3.63) is 0 Å². The van der Waals surface area contributed by atoms with E-state index < -0.39 is 0 Å². The molecule has 1 N–H and O–H groups in total. The average molecular weight is 254 g/mol. The molecule has 0 aliphatic carbocycles. The van der Waals surface area contributed by atoms with Crippen LogP contribution in [0.4, 0.5) is 0 Å². The largest absolute Gasteiger partial charge is 0.309 e. The molecule has 1 fully saturated rings. The van der Waals surface area contributed by atoms with Crippen molar-refractivity contribution in [2.75, 3.05) is 19.6 Å². The Morgan fingerprint density at radius 2 is 1.89 bits per heavy atom. The van der Waals surface area contributed by atoms with Crippen LogP contribution < -0.4 is 5.32 Å². The molecule has 2 atom stereocenters. The summed E-state index contributed by atoms with van der Waals surface area (Å²) in [6.07, 6.45) is 5.25. The highest BCUT2D eigenvalue weighted by molar-refractivity contribution is 4.98. The van der Waals surface area contributed by atoms with E-state index in [1.165, 1.54) is 38.8 Å². The lowest BCUT2D eigenvalue weighted by Crippen LogP contribution is -2.65. The molecule has 108 valence electrons. The van der Waals surface area contributed by atoms with Crippen molar-refractivity contribution in [3.63, 3.8) is 0 Å². The molecule has 2 heteroatoms. The van der Waals surface area contributed by atoms with Gasteiger partial charge in [-0.15, -0.1) is 0 Å². The maximum Gasteiger partial charge on any atom is 0.0278 e. The lowest BCUT2D eigenvalue weighted by atomic mass is 9.81. The minimum absolute atomic E-state index is 0.313. The van der Waals surface area contributed by atoms with Crippen molar-refractivity contribution in [1.82, 2.24) is 10.2 Å². The molecule has 18 heavy (non-hydrogen) atoms. The summed E-state index contributed by atoms with van der Waals surface area (Å²) in [7, 11) is 0. The highest BCUT2D eigenvalue weighted by atomic mass is 15.3. The third-order valence-corrected chi connectivity index (χ3v) is 4.54. The normalized spacial score (nSPS) is 30.7. The van der Waals surface area contributed by atoms with E-state index in [2.05, 4.69) is 51.8 Å². The minimum Gasteiger partial charge on any atom is -0.309 e. The Hall–Kier alpha value is -0.0800. The van der Waals surface area contributed by atoms with Gasteiger partial charge in [-0.1, -0.05) is 47.5 Å². The summed E-state index contributed by atoms with van der Waals surface area (Å²) in [5.74, 6) is 0.